The van der Waals surface area contributed by atoms with Crippen molar-refractivity contribution >= 4 is 101 Å². The van der Waals surface area contributed by atoms with Crippen LogP contribution in [0.4, 0.5) is 13.2 Å². The fourth-order valence-electron chi connectivity index (χ4n) is 12.3. The van der Waals surface area contributed by atoms with Gasteiger partial charge in [0.15, 0.2) is 11.9 Å². The van der Waals surface area contributed by atoms with Crippen LogP contribution in [0, 0.1) is 11.8 Å². The molecule has 1 heterocycles. The first-order valence-electron chi connectivity index (χ1n) is 37.1. The third-order valence-corrected chi connectivity index (χ3v) is 18.2. The fourth-order valence-corrected chi connectivity index (χ4v) is 12.3. The van der Waals surface area contributed by atoms with Crippen molar-refractivity contribution in [2.45, 2.75) is 246 Å². The fraction of sp³-hybridized carbons (Fsp3) is 0.742. The summed E-state index contributed by atoms with van der Waals surface area (Å²) in [5.74, 6) is -20.7. The van der Waals surface area contributed by atoms with E-state index in [1.807, 2.05) is 0 Å². The van der Waals surface area contributed by atoms with Crippen molar-refractivity contribution in [2.24, 2.45) is 67.7 Å². The summed E-state index contributed by atoms with van der Waals surface area (Å²) in [6.45, 7) is -1.68. The smallest absolute Gasteiger partial charge is 0.481 e. The minimum atomic E-state index is -5.08. The molecule has 630 valence electrons. The minimum Gasteiger partial charge on any atom is -0.481 e. The van der Waals surface area contributed by atoms with Gasteiger partial charge in [0.05, 0.1) is 37.9 Å². The Morgan fingerprint density at radius 1 is 0.333 bits per heavy atom. The highest BCUT2D eigenvalue weighted by Crippen LogP contribution is 2.27. The molecular formula is C66H115F3N22O20. The highest BCUT2D eigenvalue weighted by molar-refractivity contribution is 6.00. The standard InChI is InChI=1S/C64H114N22O18.C2HF3O2/c65-25-9-5-19-39-55(97)79-43(23-13-29-73-63(69)70)53(95)75-37-17-3-1-15-35(37)51(93)83-45(31-49(89)90)59(101)85-47(33-87)61(103)81-41(21-7-11-27-67)58(100)78-40(20-6-10-26-66)56(98)80-44(24-14-30-74-64(71)72)54(96)76-38-18-4-2-16-36(38)52(94)84-46(32-50(91)92)60(102)86-48(34-88)62(104)82-42(57(99)77-39)22-8-12-28-68;3-2(4,5)1(6)7/h35-48,87-88H,1-34,65-68H2,(H,75,95)(H,76,96)(H,77,99)(H,78,100)(H,79,97)(H,80,98)(H,81,103)(H,82,104)(H,83,93)(H,84,94)(H,85,101)(H,86,102)(H,89,90)(H,91,92)(H4,69,70,73)(H4,71,72,74);(H,6,7)/t35-,36-,37-,38-,39-,40-,41-,42-,43-,44-,45-,46-,47-,48-;/m0./s1. The van der Waals surface area contributed by atoms with Crippen molar-refractivity contribution in [2.75, 3.05) is 52.5 Å². The number of aliphatic hydroxyl groups excluding tert-OH is 2. The normalized spacial score (nSPS) is 25.8. The Morgan fingerprint density at radius 3 is 0.784 bits per heavy atom. The zero-order chi connectivity index (χ0) is 83.3. The molecule has 0 aromatic rings. The number of halogens is 3. The van der Waals surface area contributed by atoms with Crippen LogP contribution in [0.25, 0.3) is 0 Å². The lowest BCUT2D eigenvalue weighted by molar-refractivity contribution is -0.192. The van der Waals surface area contributed by atoms with Gasteiger partial charge >= 0.3 is 24.1 Å². The monoisotopic (exact) mass is 1590 g/mol. The zero-order valence-corrected chi connectivity index (χ0v) is 62.1. The largest absolute Gasteiger partial charge is 0.490 e. The highest BCUT2D eigenvalue weighted by atomic mass is 19.4. The van der Waals surface area contributed by atoms with E-state index in [9.17, 15) is 101 Å². The lowest BCUT2D eigenvalue weighted by Crippen LogP contribution is -2.61. The number of carbonyl (C=O) groups excluding carboxylic acids is 12. The van der Waals surface area contributed by atoms with E-state index in [1.165, 1.54) is 0 Å². The molecule has 0 unspecified atom stereocenters. The zero-order valence-electron chi connectivity index (χ0n) is 62.1. The topological polar surface area (TPSA) is 734 Å². The Hall–Kier alpha value is -9.86. The summed E-state index contributed by atoms with van der Waals surface area (Å²) >= 11 is 0. The maximum Gasteiger partial charge on any atom is 0.490 e. The Bertz CT molecular complexity index is 2950. The number of nitrogens with one attached hydrogen (secondary N) is 12. The van der Waals surface area contributed by atoms with E-state index in [2.05, 4.69) is 73.8 Å². The molecule has 0 bridgehead atoms. The van der Waals surface area contributed by atoms with Crippen LogP contribution in [0.2, 0.25) is 0 Å². The quantitative estimate of drug-likeness (QED) is 0.0180. The second-order valence-electron chi connectivity index (χ2n) is 27.0. The van der Waals surface area contributed by atoms with Crippen LogP contribution in [-0.2, 0) is 71.9 Å². The molecule has 3 fully saturated rings. The van der Waals surface area contributed by atoms with Gasteiger partial charge in [-0.25, -0.2) is 4.79 Å². The molecule has 2 aliphatic carbocycles. The number of guanidine groups is 2. The van der Waals surface area contributed by atoms with Gasteiger partial charge in [-0.3, -0.25) is 77.1 Å². The SMILES string of the molecule is NCCCC[C@@H]1NC(=O)[C@H](CO)NC(=O)[C@H](CC(=O)O)NC(=O)[C@H]2CCCC[C@@H]2NC(=O)[C@H](CCCN=C(N)N)NC(=O)[C@H](CCCCN)NC(=O)[C@H](CCCCN)NC(=O)[C@H](CO)NC(=O)[C@H](CC(=O)O)NC(=O)[C@H]2CCCC[C@@H]2NC(=O)[C@H](CCCN=C(N)N)NC(=O)[C@H](CCCCN)NC1=O.O=C(O)C(F)(F)F. The third-order valence-electron chi connectivity index (χ3n) is 18.2. The number of rotatable bonds is 30. The molecule has 1 aliphatic heterocycles. The predicted octanol–water partition coefficient (Wildman–Crippen LogP) is -7.61. The molecule has 0 aromatic heterocycles. The lowest BCUT2D eigenvalue weighted by Gasteiger charge is -2.34. The van der Waals surface area contributed by atoms with Gasteiger partial charge in [-0.15, -0.1) is 0 Å². The number of carbonyl (C=O) groups is 15. The Morgan fingerprint density at radius 2 is 0.550 bits per heavy atom. The number of alkyl halides is 3. The Balaban J connectivity index is 0.00000567. The number of nitrogens with zero attached hydrogens (tertiary/aromatic N) is 2. The van der Waals surface area contributed by atoms with E-state index < -0.39 is 205 Å². The van der Waals surface area contributed by atoms with Gasteiger partial charge in [-0.1, -0.05) is 25.7 Å². The molecule has 3 rings (SSSR count). The van der Waals surface area contributed by atoms with Crippen molar-refractivity contribution in [1.82, 2.24) is 63.8 Å². The number of aliphatic carboxylic acids is 3. The second kappa shape index (κ2) is 52.3. The molecule has 12 amide bonds. The number of carboxylic acid groups (broad SMARTS) is 3. The number of amides is 12. The lowest BCUT2D eigenvalue weighted by atomic mass is 9.83. The Labute approximate surface area is 638 Å². The van der Waals surface area contributed by atoms with Gasteiger partial charge in [0, 0.05) is 25.2 Å². The second-order valence-corrected chi connectivity index (χ2v) is 27.0. The summed E-state index contributed by atoms with van der Waals surface area (Å²) in [6, 6.07) is -18.4. The van der Waals surface area contributed by atoms with E-state index in [-0.39, 0.29) is 154 Å². The van der Waals surface area contributed by atoms with Crippen LogP contribution in [-0.4, -0.2) is 257 Å². The van der Waals surface area contributed by atoms with Crippen molar-refractivity contribution in [3.8, 4) is 0 Å². The third kappa shape index (κ3) is 37.6. The van der Waals surface area contributed by atoms with Crippen molar-refractivity contribution in [3.05, 3.63) is 0 Å². The number of fused-ring (bicyclic) bond motifs is 2. The van der Waals surface area contributed by atoms with Crippen LogP contribution in [0.1, 0.15) is 167 Å². The van der Waals surface area contributed by atoms with Crippen molar-refractivity contribution in [3.63, 3.8) is 0 Å². The van der Waals surface area contributed by atoms with Crippen LogP contribution in [0.15, 0.2) is 9.98 Å². The molecule has 3 aliphatic rings. The van der Waals surface area contributed by atoms with E-state index in [0.717, 1.165) is 0 Å². The number of aliphatic hydroxyl groups is 2. The van der Waals surface area contributed by atoms with Crippen molar-refractivity contribution < 1.29 is 111 Å². The van der Waals surface area contributed by atoms with E-state index in [1.54, 1.807) is 0 Å². The Kier molecular flexibility index (Phi) is 45.8. The van der Waals surface area contributed by atoms with Crippen LogP contribution in [0.5, 0.6) is 0 Å². The van der Waals surface area contributed by atoms with Gasteiger partial charge in [-0.05, 0) is 155 Å². The number of unbranched alkanes of at least 4 members (excludes halogenated alkanes) is 4. The minimum absolute atomic E-state index is 0.0256. The number of nitrogens with two attached hydrogens (primary N) is 8. The average molecular weight is 1590 g/mol. The summed E-state index contributed by atoms with van der Waals surface area (Å²) in [5, 5.41) is 79.0. The summed E-state index contributed by atoms with van der Waals surface area (Å²) in [7, 11) is 0. The molecule has 0 aromatic carbocycles. The predicted molar refractivity (Wildman–Crippen MR) is 391 cm³/mol. The number of carboxylic acids is 3. The summed E-state index contributed by atoms with van der Waals surface area (Å²) in [4.78, 5) is 214. The molecule has 2 saturated carbocycles. The molecule has 45 heteroatoms. The number of hydrogen-bond acceptors (Lipinski definition) is 23. The van der Waals surface area contributed by atoms with Gasteiger partial charge in [0.25, 0.3) is 0 Å². The summed E-state index contributed by atoms with van der Waals surface area (Å²) < 4.78 is 31.7. The van der Waals surface area contributed by atoms with E-state index in [4.69, 9.17) is 55.8 Å². The van der Waals surface area contributed by atoms with Gasteiger partial charge in [-0.2, -0.15) is 13.2 Å². The maximum absolute atomic E-state index is 14.6. The summed E-state index contributed by atoms with van der Waals surface area (Å²) in [6.07, 6.45) is -3.16. The van der Waals surface area contributed by atoms with E-state index >= 15 is 0 Å². The molecule has 14 atom stereocenters. The van der Waals surface area contributed by atoms with Gasteiger partial charge in [0.1, 0.15) is 60.4 Å². The molecule has 1 saturated heterocycles. The van der Waals surface area contributed by atoms with Crippen molar-refractivity contribution in [1.29, 1.82) is 0 Å². The van der Waals surface area contributed by atoms with Crippen LogP contribution in [0.3, 0.4) is 0 Å². The molecule has 33 N–H and O–H groups in total. The molecule has 111 heavy (non-hydrogen) atoms. The molecule has 0 radical (unpaired) electrons. The first-order chi connectivity index (χ1) is 52.5. The van der Waals surface area contributed by atoms with Crippen LogP contribution >= 0.6 is 0 Å². The number of hydrogen-bond donors (Lipinski definition) is 25. The molecular weight excluding hydrogens is 1480 g/mol. The van der Waals surface area contributed by atoms with Gasteiger partial charge < -0.3 is 135 Å². The summed E-state index contributed by atoms with van der Waals surface area (Å²) in [5.41, 5.74) is 45.5. The first-order valence-corrected chi connectivity index (χ1v) is 37.1. The van der Waals surface area contributed by atoms with Crippen LogP contribution < -0.4 is 110 Å². The number of aliphatic imine (C=N–C) groups is 2. The molecule has 42 nitrogen and oxygen atoms in total. The average Bonchev–Trinajstić information content (AvgIpc) is 0.839. The van der Waals surface area contributed by atoms with Gasteiger partial charge in [0.2, 0.25) is 70.9 Å². The van der Waals surface area contributed by atoms with E-state index in [0.29, 0.717) is 51.4 Å². The highest BCUT2D eigenvalue weighted by Gasteiger charge is 2.42. The maximum atomic E-state index is 14.6. The molecule has 0 spiro atoms. The first kappa shape index (κ1) is 97.2.